The largest absolute Gasteiger partial charge is 0.466 e. The molecule has 7 nitrogen and oxygen atoms in total. The minimum atomic E-state index is -0.758. The van der Waals surface area contributed by atoms with Crippen LogP contribution in [-0.2, 0) is 33.3 Å². The van der Waals surface area contributed by atoms with Crippen molar-refractivity contribution in [1.29, 1.82) is 0 Å². The lowest BCUT2D eigenvalue weighted by Gasteiger charge is -2.40. The number of allylic oxidation sites excluding steroid dienone is 4. The van der Waals surface area contributed by atoms with E-state index in [9.17, 15) is 9.59 Å². The predicted molar refractivity (Wildman–Crippen MR) is 144 cm³/mol. The Labute approximate surface area is 227 Å². The Morgan fingerprint density at radius 3 is 2.55 bits per heavy atom. The van der Waals surface area contributed by atoms with E-state index in [0.717, 1.165) is 42.6 Å². The summed E-state index contributed by atoms with van der Waals surface area (Å²) in [5.41, 5.74) is 4.32. The molecule has 2 fully saturated rings. The zero-order chi connectivity index (χ0) is 26.6. The maximum Gasteiger partial charge on any atom is 0.303 e. The van der Waals surface area contributed by atoms with Crippen LogP contribution in [0.1, 0.15) is 80.6 Å². The zero-order valence-electron chi connectivity index (χ0n) is 22.0. The lowest BCUT2D eigenvalue weighted by atomic mass is 9.80. The van der Waals surface area contributed by atoms with Gasteiger partial charge in [-0.1, -0.05) is 42.0 Å². The number of benzene rings is 1. The van der Waals surface area contributed by atoms with Crippen LogP contribution in [0.25, 0.3) is 0 Å². The van der Waals surface area contributed by atoms with Gasteiger partial charge < -0.3 is 23.7 Å². The van der Waals surface area contributed by atoms with Crippen LogP contribution in [0.2, 0.25) is 0 Å². The van der Waals surface area contributed by atoms with Gasteiger partial charge in [0.25, 0.3) is 0 Å². The zero-order valence-corrected chi connectivity index (χ0v) is 22.8. The number of hydrogen-bond acceptors (Lipinski definition) is 8. The normalized spacial score (nSPS) is 27.3. The fourth-order valence-corrected chi connectivity index (χ4v) is 6.10. The molecule has 202 valence electrons. The molecule has 2 aliphatic carbocycles. The summed E-state index contributed by atoms with van der Waals surface area (Å²) in [7, 11) is 0. The number of rotatable bonds is 8. The molecule has 0 radical (unpaired) electrons. The summed E-state index contributed by atoms with van der Waals surface area (Å²) < 4.78 is 29.4. The Morgan fingerprint density at radius 2 is 1.92 bits per heavy atom. The summed E-state index contributed by atoms with van der Waals surface area (Å²) in [6.07, 6.45) is 15.8. The summed E-state index contributed by atoms with van der Waals surface area (Å²) in [4.78, 5) is 24.1. The molecule has 0 bridgehead atoms. The smallest absolute Gasteiger partial charge is 0.303 e. The number of hydrogen-bond donors (Lipinski definition) is 0. The highest BCUT2D eigenvalue weighted by Gasteiger charge is 2.44. The highest BCUT2D eigenvalue weighted by Crippen LogP contribution is 2.49. The first-order chi connectivity index (χ1) is 18.4. The van der Waals surface area contributed by atoms with Gasteiger partial charge in [-0.25, -0.2) is 0 Å². The average molecular weight is 539 g/mol. The Balaban J connectivity index is 1.60. The molecule has 0 amide bonds. The fraction of sp³-hybridized carbons (Fsp3) is 0.467. The van der Waals surface area contributed by atoms with Crippen molar-refractivity contribution in [3.8, 4) is 0 Å². The molecule has 1 aromatic carbocycles. The first-order valence-electron chi connectivity index (χ1n) is 13.1. The molecule has 1 saturated carbocycles. The van der Waals surface area contributed by atoms with E-state index in [4.69, 9.17) is 23.7 Å². The van der Waals surface area contributed by atoms with Gasteiger partial charge in [-0.3, -0.25) is 9.59 Å². The minimum Gasteiger partial charge on any atom is -0.466 e. The molecular weight excluding hydrogens is 504 g/mol. The molecule has 8 heteroatoms. The molecular formula is C30H34O7S. The second kappa shape index (κ2) is 11.8. The monoisotopic (exact) mass is 538 g/mol. The summed E-state index contributed by atoms with van der Waals surface area (Å²) in [6, 6.07) is 6.39. The molecule has 5 rings (SSSR count). The van der Waals surface area contributed by atoms with E-state index >= 15 is 0 Å². The standard InChI is InChI=1S/C30H34O7S/c1-18(31)35-25-16-27(38-3)37-29(30(25)36-19(2)32)22-11-12-23(20-9-10-20)24(15-22)28(21-7-5-4-6-8-21)26-17-33-13-14-34-26/h4-5,7,11-15,17,20,25,27-30H,6,8-10,16H2,1-3H3/t25-,27-,28?,29+,30+/m1/s1. The quantitative estimate of drug-likeness (QED) is 0.357. The topological polar surface area (TPSA) is 80.3 Å². The van der Waals surface area contributed by atoms with Gasteiger partial charge >= 0.3 is 11.9 Å². The molecule has 0 aromatic heterocycles. The van der Waals surface area contributed by atoms with Crippen molar-refractivity contribution < 1.29 is 33.3 Å². The van der Waals surface area contributed by atoms with Crippen LogP contribution in [0.15, 0.2) is 66.5 Å². The predicted octanol–water partition coefficient (Wildman–Crippen LogP) is 6.30. The van der Waals surface area contributed by atoms with Gasteiger partial charge in [0.2, 0.25) is 0 Å². The first-order valence-corrected chi connectivity index (χ1v) is 14.4. The van der Waals surface area contributed by atoms with E-state index in [0.29, 0.717) is 12.3 Å². The van der Waals surface area contributed by atoms with Crippen molar-refractivity contribution >= 4 is 23.7 Å². The first kappa shape index (κ1) is 26.6. The molecule has 0 N–H and O–H groups in total. The van der Waals surface area contributed by atoms with E-state index in [-0.39, 0.29) is 11.4 Å². The Kier molecular flexibility index (Phi) is 8.29. The molecule has 4 aliphatic rings. The van der Waals surface area contributed by atoms with Crippen LogP contribution in [0.4, 0.5) is 0 Å². The number of thioether (sulfide) groups is 1. The van der Waals surface area contributed by atoms with Crippen LogP contribution < -0.4 is 0 Å². The van der Waals surface area contributed by atoms with E-state index in [1.165, 1.54) is 31.2 Å². The Hall–Kier alpha value is -2.97. The molecule has 2 aliphatic heterocycles. The van der Waals surface area contributed by atoms with Crippen molar-refractivity contribution in [3.63, 3.8) is 0 Å². The number of esters is 2. The van der Waals surface area contributed by atoms with Gasteiger partial charge in [-0.15, -0.1) is 11.8 Å². The SMILES string of the molecule is CS[C@@H]1C[C@@H](OC(C)=O)[C@H](OC(C)=O)[C@H](c2ccc(C3CC3)c(C(C3=CC=CCC3)C3=COC=CO3)c2)O1. The van der Waals surface area contributed by atoms with Crippen molar-refractivity contribution in [1.82, 2.24) is 0 Å². The summed E-state index contributed by atoms with van der Waals surface area (Å²) in [5.74, 6) is 0.237. The number of ether oxygens (including phenoxy) is 5. The maximum atomic E-state index is 12.1. The van der Waals surface area contributed by atoms with Crippen LogP contribution in [-0.4, -0.2) is 35.8 Å². The number of carbonyl (C=O) groups is 2. The fourth-order valence-electron chi connectivity index (χ4n) is 5.49. The van der Waals surface area contributed by atoms with Crippen LogP contribution >= 0.6 is 11.8 Å². The van der Waals surface area contributed by atoms with Gasteiger partial charge in [0.15, 0.2) is 6.10 Å². The van der Waals surface area contributed by atoms with Gasteiger partial charge in [0.05, 0.1) is 5.92 Å². The third-order valence-corrected chi connectivity index (χ3v) is 8.09. The Morgan fingerprint density at radius 1 is 1.11 bits per heavy atom. The molecule has 2 heterocycles. The third kappa shape index (κ3) is 6.02. The van der Waals surface area contributed by atoms with E-state index < -0.39 is 30.3 Å². The molecule has 1 unspecified atom stereocenters. The molecule has 1 aromatic rings. The minimum absolute atomic E-state index is 0.128. The molecule has 38 heavy (non-hydrogen) atoms. The van der Waals surface area contributed by atoms with Crippen LogP contribution in [0, 0.1) is 0 Å². The lowest BCUT2D eigenvalue weighted by molar-refractivity contribution is -0.198. The second-order valence-corrected chi connectivity index (χ2v) is 11.0. The van der Waals surface area contributed by atoms with E-state index in [2.05, 4.69) is 36.4 Å². The van der Waals surface area contributed by atoms with E-state index in [1.807, 2.05) is 6.26 Å². The van der Waals surface area contributed by atoms with Crippen molar-refractivity contribution in [2.75, 3.05) is 6.26 Å². The van der Waals surface area contributed by atoms with Crippen molar-refractivity contribution in [2.45, 2.75) is 81.5 Å². The molecule has 0 spiro atoms. The number of carbonyl (C=O) groups excluding carboxylic acids is 2. The summed E-state index contributed by atoms with van der Waals surface area (Å²) in [5, 5.41) is 0. The highest BCUT2D eigenvalue weighted by molar-refractivity contribution is 7.99. The van der Waals surface area contributed by atoms with E-state index in [1.54, 1.807) is 24.3 Å². The second-order valence-electron chi connectivity index (χ2n) is 10.0. The lowest BCUT2D eigenvalue weighted by Crippen LogP contribution is -2.47. The highest BCUT2D eigenvalue weighted by atomic mass is 32.2. The summed E-state index contributed by atoms with van der Waals surface area (Å²) in [6.45, 7) is 2.74. The van der Waals surface area contributed by atoms with Gasteiger partial charge in [-0.2, -0.15) is 0 Å². The van der Waals surface area contributed by atoms with Crippen LogP contribution in [0.3, 0.4) is 0 Å². The van der Waals surface area contributed by atoms with Gasteiger partial charge in [-0.05, 0) is 54.5 Å². The van der Waals surface area contributed by atoms with Gasteiger partial charge in [0, 0.05) is 20.3 Å². The van der Waals surface area contributed by atoms with Crippen LogP contribution in [0.5, 0.6) is 0 Å². The van der Waals surface area contributed by atoms with Crippen molar-refractivity contribution in [2.24, 2.45) is 0 Å². The maximum absolute atomic E-state index is 12.1. The van der Waals surface area contributed by atoms with Crippen molar-refractivity contribution in [3.05, 3.63) is 83.2 Å². The van der Waals surface area contributed by atoms with Gasteiger partial charge in [0.1, 0.15) is 42.2 Å². The molecule has 5 atom stereocenters. The third-order valence-electron chi connectivity index (χ3n) is 7.26. The molecule has 1 saturated heterocycles. The average Bonchev–Trinajstić information content (AvgIpc) is 3.76. The Bertz CT molecular complexity index is 1180. The summed E-state index contributed by atoms with van der Waals surface area (Å²) >= 11 is 1.55.